The third kappa shape index (κ3) is 7.77. The van der Waals surface area contributed by atoms with Gasteiger partial charge in [0.2, 0.25) is 0 Å². The van der Waals surface area contributed by atoms with E-state index in [2.05, 4.69) is 5.32 Å². The first-order valence-corrected chi connectivity index (χ1v) is 18.8. The Morgan fingerprint density at radius 1 is 0.929 bits per heavy atom. The van der Waals surface area contributed by atoms with Crippen LogP contribution in [-0.4, -0.2) is 107 Å². The molecule has 1 fully saturated rings. The van der Waals surface area contributed by atoms with Gasteiger partial charge >= 0.3 is 11.8 Å². The van der Waals surface area contributed by atoms with Crippen molar-refractivity contribution in [3.8, 4) is 23.0 Å². The number of benzene rings is 2. The molecule has 1 amide bonds. The van der Waals surface area contributed by atoms with E-state index in [1.807, 2.05) is 0 Å². The lowest BCUT2D eigenvalue weighted by Gasteiger charge is -2.38. The van der Waals surface area contributed by atoms with Crippen molar-refractivity contribution in [2.75, 3.05) is 43.6 Å². The number of nitrogens with one attached hydrogen (secondary N) is 1. The van der Waals surface area contributed by atoms with E-state index in [-0.39, 0.29) is 70.9 Å². The summed E-state index contributed by atoms with van der Waals surface area (Å²) in [5.74, 6) is -8.09. The predicted octanol–water partition coefficient (Wildman–Crippen LogP) is 4.59. The van der Waals surface area contributed by atoms with Crippen LogP contribution in [0.3, 0.4) is 0 Å². The number of aliphatic hydroxyl groups is 2. The predicted molar refractivity (Wildman–Crippen MR) is 207 cm³/mol. The topological polar surface area (TPSA) is 214 Å². The van der Waals surface area contributed by atoms with Crippen molar-refractivity contribution < 1.29 is 63.6 Å². The van der Waals surface area contributed by atoms with Crippen molar-refractivity contribution in [1.29, 1.82) is 0 Å². The van der Waals surface area contributed by atoms with Gasteiger partial charge in [-0.25, -0.2) is 0 Å². The van der Waals surface area contributed by atoms with Gasteiger partial charge in [0.05, 0.1) is 48.7 Å². The molecule has 4 aliphatic heterocycles. The highest BCUT2D eigenvalue weighted by molar-refractivity contribution is 6.23. The normalized spacial score (nSPS) is 32.1. The van der Waals surface area contributed by atoms with Crippen molar-refractivity contribution in [2.45, 2.75) is 85.6 Å². The number of morpholine rings is 1. The number of phenols is 3. The largest absolute Gasteiger partial charge is 0.507 e. The fourth-order valence-electron chi connectivity index (χ4n) is 7.80. The molecule has 56 heavy (non-hydrogen) atoms. The number of anilines is 2. The van der Waals surface area contributed by atoms with Crippen LogP contribution in [0.15, 0.2) is 36.1 Å². The number of ketones is 1. The van der Waals surface area contributed by atoms with Gasteiger partial charge in [-0.1, -0.05) is 45.9 Å². The second kappa shape index (κ2) is 16.7. The minimum atomic E-state index is -2.02. The van der Waals surface area contributed by atoms with Gasteiger partial charge in [-0.15, -0.1) is 0 Å². The zero-order valence-electron chi connectivity index (χ0n) is 33.3. The number of esters is 1. The highest BCUT2D eigenvalue weighted by Crippen LogP contribution is 2.57. The molecule has 6 rings (SSSR count). The Labute approximate surface area is 326 Å². The number of fused-ring (bicyclic) bond motifs is 14. The molecule has 15 nitrogen and oxygen atoms in total. The number of amides is 1. The first-order valence-electron chi connectivity index (χ1n) is 18.8. The van der Waals surface area contributed by atoms with Crippen molar-refractivity contribution in [3.63, 3.8) is 0 Å². The van der Waals surface area contributed by atoms with Crippen molar-refractivity contribution in [1.82, 2.24) is 0 Å². The molecule has 2 aromatic rings. The maximum Gasteiger partial charge on any atom is 0.312 e. The Bertz CT molecular complexity index is 1950. The van der Waals surface area contributed by atoms with Crippen LogP contribution in [0.2, 0.25) is 0 Å². The lowest BCUT2D eigenvalue weighted by Crippen LogP contribution is -2.46. The number of aromatic hydroxyl groups is 3. The molecule has 4 heterocycles. The number of carbonyl (C=O) groups excluding carboxylic acids is 3. The summed E-state index contributed by atoms with van der Waals surface area (Å²) in [7, 11) is 1.44. The third-order valence-electron chi connectivity index (χ3n) is 11.3. The maximum absolute atomic E-state index is 14.4. The van der Waals surface area contributed by atoms with Crippen molar-refractivity contribution in [3.05, 3.63) is 47.3 Å². The Kier molecular flexibility index (Phi) is 12.6. The first kappa shape index (κ1) is 42.3. The molecule has 0 aromatic heterocycles. The van der Waals surface area contributed by atoms with Crippen LogP contribution in [0, 0.1) is 30.6 Å². The number of methoxy groups -OCH3 is 1. The molecule has 0 unspecified atom stereocenters. The maximum atomic E-state index is 14.4. The molecule has 0 saturated carbocycles. The molecule has 0 spiro atoms. The van der Waals surface area contributed by atoms with Crippen LogP contribution in [0.1, 0.15) is 64.4 Å². The Balaban J connectivity index is 1.71. The Hall–Kier alpha value is -4.83. The zero-order chi connectivity index (χ0) is 41.4. The van der Waals surface area contributed by atoms with Gasteiger partial charge in [0.25, 0.3) is 11.7 Å². The molecule has 15 heteroatoms. The number of hydrogen-bond donors (Lipinski definition) is 6. The lowest BCUT2D eigenvalue weighted by molar-refractivity contribution is -0.160. The number of hydrogen-bond acceptors (Lipinski definition) is 14. The quantitative estimate of drug-likeness (QED) is 0.143. The van der Waals surface area contributed by atoms with Gasteiger partial charge in [-0.2, -0.15) is 0 Å². The summed E-state index contributed by atoms with van der Waals surface area (Å²) < 4.78 is 29.1. The minimum Gasteiger partial charge on any atom is -0.507 e. The minimum absolute atomic E-state index is 0.00916. The van der Waals surface area contributed by atoms with Gasteiger partial charge < -0.3 is 59.4 Å². The van der Waals surface area contributed by atoms with E-state index in [9.17, 15) is 39.9 Å². The molecule has 0 aliphatic carbocycles. The molecule has 2 aromatic carbocycles. The van der Waals surface area contributed by atoms with Crippen LogP contribution < -0.4 is 15.0 Å². The Morgan fingerprint density at radius 3 is 2.21 bits per heavy atom. The smallest absolute Gasteiger partial charge is 0.312 e. The van der Waals surface area contributed by atoms with Crippen LogP contribution in [-0.2, 0) is 28.5 Å². The second-order valence-electron chi connectivity index (χ2n) is 15.2. The lowest BCUT2D eigenvalue weighted by atomic mass is 9.78. The first-order chi connectivity index (χ1) is 26.4. The summed E-state index contributed by atoms with van der Waals surface area (Å²) >= 11 is 0. The number of allylic oxidation sites excluding steroid dienone is 2. The number of aliphatic hydroxyl groups excluding tert-OH is 2. The molecule has 4 aliphatic rings. The van der Waals surface area contributed by atoms with E-state index in [4.69, 9.17) is 23.7 Å². The summed E-state index contributed by atoms with van der Waals surface area (Å²) in [6.07, 6.45) is 3.63. The average molecular weight is 783 g/mol. The zero-order valence-corrected chi connectivity index (χ0v) is 33.3. The summed E-state index contributed by atoms with van der Waals surface area (Å²) in [4.78, 5) is 42.1. The van der Waals surface area contributed by atoms with E-state index in [1.165, 1.54) is 53.2 Å². The van der Waals surface area contributed by atoms with E-state index >= 15 is 0 Å². The van der Waals surface area contributed by atoms with Gasteiger partial charge in [0.1, 0.15) is 34.7 Å². The van der Waals surface area contributed by atoms with Crippen molar-refractivity contribution in [2.24, 2.45) is 23.7 Å². The molecule has 0 radical (unpaired) electrons. The molecule has 9 atom stereocenters. The molecule has 5 bridgehead atoms. The van der Waals surface area contributed by atoms with Gasteiger partial charge in [0.15, 0.2) is 5.75 Å². The van der Waals surface area contributed by atoms with Gasteiger partial charge in [-0.3, -0.25) is 14.4 Å². The average Bonchev–Trinajstić information content (AvgIpc) is 3.43. The van der Waals surface area contributed by atoms with E-state index in [0.29, 0.717) is 0 Å². The number of phenolic OH excluding ortho intramolecular Hbond substituents is 3. The monoisotopic (exact) mass is 782 g/mol. The molecule has 306 valence electrons. The van der Waals surface area contributed by atoms with Gasteiger partial charge in [-0.05, 0) is 19.9 Å². The molecular formula is C41H54N2O13. The highest BCUT2D eigenvalue weighted by Gasteiger charge is 2.50. The van der Waals surface area contributed by atoms with Crippen LogP contribution in [0.4, 0.5) is 11.4 Å². The second-order valence-corrected chi connectivity index (χ2v) is 15.2. The van der Waals surface area contributed by atoms with E-state index in [0.717, 1.165) is 0 Å². The summed E-state index contributed by atoms with van der Waals surface area (Å²) in [5.41, 5.74) is -0.0724. The fourth-order valence-corrected chi connectivity index (χ4v) is 7.80. The van der Waals surface area contributed by atoms with Crippen molar-refractivity contribution >= 4 is 39.8 Å². The van der Waals surface area contributed by atoms with Crippen LogP contribution >= 0.6 is 0 Å². The summed E-state index contributed by atoms with van der Waals surface area (Å²) in [6.45, 7) is 13.6. The number of rotatable bonds is 3. The molecular weight excluding hydrogens is 728 g/mol. The van der Waals surface area contributed by atoms with Gasteiger partial charge in [0, 0.05) is 74.2 Å². The SMILES string of the molecule is CO[C@H]1C=CO[C@@]2(C)Oc3c(C)c(O)c4c(O)c(c(N5CCOCC5)c(O)c4c3C2=O)NC(=O)/C(C)=C\C=C/[C@H](C)[C@H](O)[C@@H](C)[C@@H](O)[C@@H](C)[C@H](OC(C)=O)[C@@H]1C. The fraction of sp³-hybridized carbons (Fsp3) is 0.537. The van der Waals surface area contributed by atoms with E-state index in [1.54, 1.807) is 44.7 Å². The number of ether oxygens (including phenoxy) is 5. The number of Topliss-reactive ketones (excluding diaryl/α,β-unsaturated/α-hetero) is 1. The highest BCUT2D eigenvalue weighted by atomic mass is 16.7. The number of carbonyl (C=O) groups is 3. The summed E-state index contributed by atoms with van der Waals surface area (Å²) in [5, 5.41) is 60.5. The summed E-state index contributed by atoms with van der Waals surface area (Å²) in [6, 6.07) is 0. The molecule has 1 saturated heterocycles. The standard InChI is InChI=1S/C41H54N2O13/c1-19-11-10-12-20(2)40(51)42-30-31(43-14-17-53-18-15-43)36(49)27-28(35(30)48)34(47)24(6)38-29(27)39(50)41(8,56-38)54-16-13-26(52-9)21(3)37(55-25(7)44)23(5)33(46)22(4)32(19)45/h10-13,16,19,21-23,26,32-33,37,45-49H,14-15,17-18H2,1-9H3,(H,42,51)/b11-10-,16-13?,20-12-/t19-,21+,22+,23+,26-,32-,33+,37+,41-/m0/s1. The molecule has 6 N–H and O–H groups in total. The van der Waals surface area contributed by atoms with E-state index < -0.39 is 88.8 Å². The van der Waals surface area contributed by atoms with Crippen LogP contribution in [0.25, 0.3) is 10.8 Å². The van der Waals surface area contributed by atoms with Crippen LogP contribution in [0.5, 0.6) is 23.0 Å². The third-order valence-corrected chi connectivity index (χ3v) is 11.3. The Morgan fingerprint density at radius 2 is 1.59 bits per heavy atom. The number of nitrogens with zero attached hydrogens (tertiary/aromatic N) is 1.